The van der Waals surface area contributed by atoms with Gasteiger partial charge in [-0.3, -0.25) is 0 Å². The Balaban J connectivity index is 3.58. The van der Waals surface area contributed by atoms with Crippen LogP contribution in [0.25, 0.3) is 0 Å². The topological polar surface area (TPSA) is 0 Å². The van der Waals surface area contributed by atoms with Crippen molar-refractivity contribution >= 4 is 0 Å². The second kappa shape index (κ2) is 3.64. The number of hydrogen-bond acceptors (Lipinski definition) is 0. The Morgan fingerprint density at radius 2 is 1.90 bits per heavy atom. The SMILES string of the molecule is C=C(CCC)CC(F)(F)F. The molecule has 0 aromatic carbocycles. The molecule has 0 saturated heterocycles. The predicted molar refractivity (Wildman–Crippen MR) is 34.7 cm³/mol. The fourth-order valence-electron chi connectivity index (χ4n) is 0.725. The Hall–Kier alpha value is -0.470. The van der Waals surface area contributed by atoms with Gasteiger partial charge in [0.1, 0.15) is 0 Å². The Bertz CT molecular complexity index is 113. The fourth-order valence-corrected chi connectivity index (χ4v) is 0.725. The summed E-state index contributed by atoms with van der Waals surface area (Å²) in [6.07, 6.45) is -3.71. The molecular weight excluding hydrogens is 141 g/mol. The maximum Gasteiger partial charge on any atom is 0.392 e. The molecule has 0 aliphatic heterocycles. The van der Waals surface area contributed by atoms with Crippen molar-refractivity contribution in [3.63, 3.8) is 0 Å². The van der Waals surface area contributed by atoms with Crippen LogP contribution in [0.5, 0.6) is 0 Å². The van der Waals surface area contributed by atoms with E-state index in [9.17, 15) is 13.2 Å². The first-order valence-electron chi connectivity index (χ1n) is 3.19. The third-order valence-corrected chi connectivity index (χ3v) is 1.05. The molecule has 0 unspecified atom stereocenters. The maximum atomic E-state index is 11.6. The van der Waals surface area contributed by atoms with Gasteiger partial charge in [0.15, 0.2) is 0 Å². The van der Waals surface area contributed by atoms with Gasteiger partial charge in [0.2, 0.25) is 0 Å². The minimum absolute atomic E-state index is 0.273. The van der Waals surface area contributed by atoms with Gasteiger partial charge in [-0.1, -0.05) is 25.5 Å². The molecule has 0 N–H and O–H groups in total. The second-order valence-corrected chi connectivity index (χ2v) is 2.29. The summed E-state index contributed by atoms with van der Waals surface area (Å²) in [6, 6.07) is 0. The summed E-state index contributed by atoms with van der Waals surface area (Å²) in [6.45, 7) is 5.14. The molecule has 0 aromatic heterocycles. The summed E-state index contributed by atoms with van der Waals surface area (Å²) in [5, 5.41) is 0. The molecule has 0 aromatic rings. The van der Waals surface area contributed by atoms with E-state index in [0.29, 0.717) is 6.42 Å². The van der Waals surface area contributed by atoms with Crippen molar-refractivity contribution in [1.29, 1.82) is 0 Å². The van der Waals surface area contributed by atoms with Gasteiger partial charge in [-0.05, 0) is 6.42 Å². The third-order valence-electron chi connectivity index (χ3n) is 1.05. The van der Waals surface area contributed by atoms with E-state index < -0.39 is 12.6 Å². The monoisotopic (exact) mass is 152 g/mol. The van der Waals surface area contributed by atoms with Gasteiger partial charge >= 0.3 is 6.18 Å². The summed E-state index contributed by atoms with van der Waals surface area (Å²) in [5.41, 5.74) is 0.273. The van der Waals surface area contributed by atoms with Crippen LogP contribution in [0.15, 0.2) is 12.2 Å². The molecule has 0 heterocycles. The molecule has 0 radical (unpaired) electrons. The van der Waals surface area contributed by atoms with Crippen molar-refractivity contribution in [1.82, 2.24) is 0 Å². The Morgan fingerprint density at radius 3 is 2.20 bits per heavy atom. The molecule has 0 atom stereocenters. The minimum atomic E-state index is -4.08. The lowest BCUT2D eigenvalue weighted by Gasteiger charge is -2.06. The average molecular weight is 152 g/mol. The van der Waals surface area contributed by atoms with Crippen LogP contribution in [0.4, 0.5) is 13.2 Å². The van der Waals surface area contributed by atoms with E-state index in [1.165, 1.54) is 0 Å². The normalized spacial score (nSPS) is 11.6. The van der Waals surface area contributed by atoms with Gasteiger partial charge in [0.05, 0.1) is 6.42 Å². The van der Waals surface area contributed by atoms with Crippen LogP contribution >= 0.6 is 0 Å². The molecule has 0 amide bonds. The van der Waals surface area contributed by atoms with Crippen LogP contribution in [-0.4, -0.2) is 6.18 Å². The van der Waals surface area contributed by atoms with Crippen molar-refractivity contribution in [2.24, 2.45) is 0 Å². The molecule has 0 fully saturated rings. The maximum absolute atomic E-state index is 11.6. The predicted octanol–water partition coefficient (Wildman–Crippen LogP) is 3.30. The van der Waals surface area contributed by atoms with E-state index in [-0.39, 0.29) is 5.57 Å². The summed E-state index contributed by atoms with van der Waals surface area (Å²) in [7, 11) is 0. The average Bonchev–Trinajstić information content (AvgIpc) is 1.59. The van der Waals surface area contributed by atoms with Crippen molar-refractivity contribution in [2.45, 2.75) is 32.4 Å². The Kier molecular flexibility index (Phi) is 3.47. The van der Waals surface area contributed by atoms with Gasteiger partial charge in [-0.2, -0.15) is 13.2 Å². The first kappa shape index (κ1) is 9.53. The van der Waals surface area contributed by atoms with E-state index in [4.69, 9.17) is 0 Å². The van der Waals surface area contributed by atoms with Crippen molar-refractivity contribution in [3.8, 4) is 0 Å². The molecular formula is C7H11F3. The summed E-state index contributed by atoms with van der Waals surface area (Å²) in [4.78, 5) is 0. The highest BCUT2D eigenvalue weighted by atomic mass is 19.4. The Morgan fingerprint density at radius 1 is 1.40 bits per heavy atom. The highest BCUT2D eigenvalue weighted by molar-refractivity contribution is 4.95. The van der Waals surface area contributed by atoms with Crippen molar-refractivity contribution < 1.29 is 13.2 Å². The number of halogens is 3. The standard InChI is InChI=1S/C7H11F3/c1-3-4-6(2)5-7(8,9)10/h2-5H2,1H3. The van der Waals surface area contributed by atoms with Crippen LogP contribution < -0.4 is 0 Å². The zero-order valence-electron chi connectivity index (χ0n) is 5.96. The first-order valence-corrected chi connectivity index (χ1v) is 3.19. The zero-order chi connectivity index (χ0) is 8.20. The minimum Gasteiger partial charge on any atom is -0.171 e. The molecule has 0 aliphatic rings. The number of allylic oxidation sites excluding steroid dienone is 1. The van der Waals surface area contributed by atoms with Crippen molar-refractivity contribution in [2.75, 3.05) is 0 Å². The van der Waals surface area contributed by atoms with E-state index in [2.05, 4.69) is 6.58 Å². The molecule has 0 bridgehead atoms. The van der Waals surface area contributed by atoms with Crippen LogP contribution in [0, 0.1) is 0 Å². The summed E-state index contributed by atoms with van der Waals surface area (Å²) < 4.78 is 34.7. The molecule has 0 nitrogen and oxygen atoms in total. The summed E-state index contributed by atoms with van der Waals surface area (Å²) >= 11 is 0. The van der Waals surface area contributed by atoms with Gasteiger partial charge in [0, 0.05) is 0 Å². The van der Waals surface area contributed by atoms with E-state index in [1.807, 2.05) is 6.92 Å². The third kappa shape index (κ3) is 5.66. The molecule has 10 heavy (non-hydrogen) atoms. The zero-order valence-corrected chi connectivity index (χ0v) is 5.96. The van der Waals surface area contributed by atoms with Crippen LogP contribution in [0.2, 0.25) is 0 Å². The lowest BCUT2D eigenvalue weighted by atomic mass is 10.1. The largest absolute Gasteiger partial charge is 0.392 e. The molecule has 0 rings (SSSR count). The van der Waals surface area contributed by atoms with Gasteiger partial charge in [0.25, 0.3) is 0 Å². The Labute approximate surface area is 58.7 Å². The molecule has 0 spiro atoms. The van der Waals surface area contributed by atoms with Gasteiger partial charge in [-0.25, -0.2) is 0 Å². The highest BCUT2D eigenvalue weighted by Crippen LogP contribution is 2.25. The number of alkyl halides is 3. The summed E-state index contributed by atoms with van der Waals surface area (Å²) in [5.74, 6) is 0. The quantitative estimate of drug-likeness (QED) is 0.544. The van der Waals surface area contributed by atoms with Crippen molar-refractivity contribution in [3.05, 3.63) is 12.2 Å². The number of rotatable bonds is 3. The fraction of sp³-hybridized carbons (Fsp3) is 0.714. The van der Waals surface area contributed by atoms with E-state index in [0.717, 1.165) is 6.42 Å². The van der Waals surface area contributed by atoms with Crippen LogP contribution in [-0.2, 0) is 0 Å². The first-order chi connectivity index (χ1) is 4.45. The molecule has 0 saturated carbocycles. The van der Waals surface area contributed by atoms with Gasteiger partial charge < -0.3 is 0 Å². The second-order valence-electron chi connectivity index (χ2n) is 2.29. The lowest BCUT2D eigenvalue weighted by Crippen LogP contribution is -2.07. The van der Waals surface area contributed by atoms with Crippen LogP contribution in [0.3, 0.4) is 0 Å². The lowest BCUT2D eigenvalue weighted by molar-refractivity contribution is -0.127. The molecule has 3 heteroatoms. The smallest absolute Gasteiger partial charge is 0.171 e. The van der Waals surface area contributed by atoms with Crippen LogP contribution in [0.1, 0.15) is 26.2 Å². The van der Waals surface area contributed by atoms with E-state index in [1.54, 1.807) is 0 Å². The van der Waals surface area contributed by atoms with E-state index >= 15 is 0 Å². The molecule has 0 aliphatic carbocycles. The van der Waals surface area contributed by atoms with Gasteiger partial charge in [-0.15, -0.1) is 0 Å². The molecule has 60 valence electrons. The highest BCUT2D eigenvalue weighted by Gasteiger charge is 2.27. The number of hydrogen-bond donors (Lipinski definition) is 0.